The van der Waals surface area contributed by atoms with E-state index in [1.807, 2.05) is 20.8 Å². The minimum Gasteiger partial charge on any atom is -0.374 e. The summed E-state index contributed by atoms with van der Waals surface area (Å²) in [6, 6.07) is 0.667. The van der Waals surface area contributed by atoms with Gasteiger partial charge in [0.25, 0.3) is 5.12 Å². The van der Waals surface area contributed by atoms with E-state index in [1.165, 1.54) is 6.92 Å². The van der Waals surface area contributed by atoms with E-state index >= 15 is 0 Å². The van der Waals surface area contributed by atoms with Crippen LogP contribution < -0.4 is 0 Å². The van der Waals surface area contributed by atoms with E-state index in [1.54, 1.807) is 0 Å². The Bertz CT molecular complexity index is 268. The van der Waals surface area contributed by atoms with Gasteiger partial charge in [-0.05, 0) is 27.2 Å². The summed E-state index contributed by atoms with van der Waals surface area (Å²) in [5.41, 5.74) is 0. The zero-order valence-corrected chi connectivity index (χ0v) is 14.0. The largest absolute Gasteiger partial charge is 0.500 e. The van der Waals surface area contributed by atoms with E-state index in [9.17, 15) is 9.59 Å². The van der Waals surface area contributed by atoms with Crippen molar-refractivity contribution < 1.29 is 22.9 Å². The molecule has 0 aromatic carbocycles. The van der Waals surface area contributed by atoms with E-state index in [0.717, 1.165) is 18.2 Å². The van der Waals surface area contributed by atoms with Crippen LogP contribution >= 0.6 is 11.8 Å². The number of carbonyl (C=O) groups excluding carboxylic acids is 2. The highest BCUT2D eigenvalue weighted by Crippen LogP contribution is 2.20. The highest BCUT2D eigenvalue weighted by molar-refractivity contribution is 8.15. The maximum atomic E-state index is 11.2. The minimum atomic E-state index is -2.60. The first-order valence-electron chi connectivity index (χ1n) is 6.60. The molecule has 0 heterocycles. The van der Waals surface area contributed by atoms with Crippen LogP contribution in [0, 0.1) is 0 Å². The molecular weight excluding hydrogens is 284 g/mol. The zero-order chi connectivity index (χ0) is 14.7. The molecule has 5 nitrogen and oxygen atoms in total. The number of ketones is 1. The van der Waals surface area contributed by atoms with Crippen LogP contribution in [-0.2, 0) is 22.9 Å². The molecule has 0 fully saturated rings. The molecule has 19 heavy (non-hydrogen) atoms. The maximum Gasteiger partial charge on any atom is 0.500 e. The lowest BCUT2D eigenvalue weighted by molar-refractivity contribution is -0.130. The van der Waals surface area contributed by atoms with Gasteiger partial charge in [0.2, 0.25) is 5.78 Å². The van der Waals surface area contributed by atoms with Crippen LogP contribution in [0.3, 0.4) is 0 Å². The fourth-order valence-electron chi connectivity index (χ4n) is 1.56. The van der Waals surface area contributed by atoms with Gasteiger partial charge in [0.15, 0.2) is 0 Å². The summed E-state index contributed by atoms with van der Waals surface area (Å²) >= 11 is 1.05. The summed E-state index contributed by atoms with van der Waals surface area (Å²) in [5, 5.41) is -0.392. The number of Topliss-reactive ketones (excluding diaryl/α,β-unsaturated/α-hetero) is 1. The highest BCUT2D eigenvalue weighted by atomic mass is 32.2. The smallest absolute Gasteiger partial charge is 0.374 e. The summed E-state index contributed by atoms with van der Waals surface area (Å²) < 4.78 is 17.1. The maximum absolute atomic E-state index is 11.2. The topological polar surface area (TPSA) is 61.8 Å². The van der Waals surface area contributed by atoms with Crippen molar-refractivity contribution in [2.45, 2.75) is 40.2 Å². The Balaban J connectivity index is 4.24. The molecule has 0 aromatic heterocycles. The monoisotopic (exact) mass is 308 g/mol. The lowest BCUT2D eigenvalue weighted by Crippen LogP contribution is -2.46. The van der Waals surface area contributed by atoms with Crippen LogP contribution in [0.5, 0.6) is 0 Å². The molecule has 0 aromatic rings. The third-order valence-corrected chi connectivity index (χ3v) is 6.43. The highest BCUT2D eigenvalue weighted by Gasteiger charge is 2.39. The van der Waals surface area contributed by atoms with E-state index < -0.39 is 19.7 Å². The Labute approximate surface area is 120 Å². The number of rotatable bonds is 11. The van der Waals surface area contributed by atoms with Gasteiger partial charge >= 0.3 is 8.80 Å². The van der Waals surface area contributed by atoms with Crippen molar-refractivity contribution in [1.29, 1.82) is 0 Å². The van der Waals surface area contributed by atoms with E-state index in [0.29, 0.717) is 31.6 Å². The van der Waals surface area contributed by atoms with Crippen LogP contribution in [0.4, 0.5) is 0 Å². The first kappa shape index (κ1) is 18.8. The Kier molecular flexibility index (Phi) is 10.4. The van der Waals surface area contributed by atoms with Crippen LogP contribution in [0.2, 0.25) is 6.04 Å². The van der Waals surface area contributed by atoms with E-state index in [4.69, 9.17) is 13.3 Å². The molecule has 0 saturated carbocycles. The minimum absolute atomic E-state index is 0.392. The molecule has 0 spiro atoms. The quantitative estimate of drug-likeness (QED) is 0.331. The molecule has 7 heteroatoms. The molecule has 0 atom stereocenters. The van der Waals surface area contributed by atoms with Gasteiger partial charge < -0.3 is 13.3 Å². The van der Waals surface area contributed by atoms with Crippen LogP contribution in [0.1, 0.15) is 34.1 Å². The number of hydrogen-bond donors (Lipinski definition) is 0. The van der Waals surface area contributed by atoms with Crippen molar-refractivity contribution in [3.05, 3.63) is 0 Å². The van der Waals surface area contributed by atoms with Gasteiger partial charge in [0.1, 0.15) is 0 Å². The third-order valence-electron chi connectivity index (χ3n) is 2.24. The number of thioether (sulfide) groups is 1. The number of carbonyl (C=O) groups is 2. The molecule has 112 valence electrons. The van der Waals surface area contributed by atoms with Gasteiger partial charge in [-0.15, -0.1) is 0 Å². The van der Waals surface area contributed by atoms with Crippen LogP contribution in [-0.4, -0.2) is 45.3 Å². The molecule has 0 saturated heterocycles. The Morgan fingerprint density at radius 3 is 1.84 bits per heavy atom. The van der Waals surface area contributed by atoms with Gasteiger partial charge in [0, 0.05) is 38.5 Å². The van der Waals surface area contributed by atoms with Crippen molar-refractivity contribution in [3.8, 4) is 0 Å². The fraction of sp³-hybridized carbons (Fsp3) is 0.833. The Morgan fingerprint density at radius 2 is 1.47 bits per heavy atom. The van der Waals surface area contributed by atoms with Crippen LogP contribution in [0.25, 0.3) is 0 Å². The normalized spacial score (nSPS) is 11.6. The lowest BCUT2D eigenvalue weighted by atomic mass is 10.5. The molecule has 0 rings (SSSR count). The molecule has 0 unspecified atom stereocenters. The molecular formula is C12H24O5SSi. The predicted octanol–water partition coefficient (Wildman–Crippen LogP) is 2.27. The molecule has 0 radical (unpaired) electrons. The van der Waals surface area contributed by atoms with Gasteiger partial charge in [-0.25, -0.2) is 0 Å². The molecule has 0 aliphatic heterocycles. The van der Waals surface area contributed by atoms with Gasteiger partial charge in [-0.2, -0.15) is 0 Å². The van der Waals surface area contributed by atoms with Crippen molar-refractivity contribution in [1.82, 2.24) is 0 Å². The first-order valence-corrected chi connectivity index (χ1v) is 9.52. The number of hydrogen-bond acceptors (Lipinski definition) is 6. The fourth-order valence-corrected chi connectivity index (χ4v) is 5.10. The average Bonchev–Trinajstić information content (AvgIpc) is 2.35. The van der Waals surface area contributed by atoms with Gasteiger partial charge in [-0.3, -0.25) is 9.59 Å². The van der Waals surface area contributed by atoms with Gasteiger partial charge in [-0.1, -0.05) is 11.8 Å². The molecule has 0 N–H and O–H groups in total. The predicted molar refractivity (Wildman–Crippen MR) is 78.2 cm³/mol. The Morgan fingerprint density at radius 1 is 1.00 bits per heavy atom. The van der Waals surface area contributed by atoms with Crippen molar-refractivity contribution in [2.75, 3.05) is 25.6 Å². The Hall–Kier alpha value is -0.213. The van der Waals surface area contributed by atoms with Gasteiger partial charge in [0.05, 0.1) is 0 Å². The summed E-state index contributed by atoms with van der Waals surface area (Å²) in [7, 11) is -2.60. The molecule has 0 amide bonds. The third kappa shape index (κ3) is 7.83. The second-order valence-corrected chi connectivity index (χ2v) is 7.58. The molecule has 0 aliphatic rings. The molecule has 0 bridgehead atoms. The zero-order valence-electron chi connectivity index (χ0n) is 12.2. The average molecular weight is 308 g/mol. The summed E-state index contributed by atoms with van der Waals surface area (Å²) in [5.74, 6) is 0.174. The molecule has 0 aliphatic carbocycles. The van der Waals surface area contributed by atoms with Crippen molar-refractivity contribution in [3.63, 3.8) is 0 Å². The lowest BCUT2D eigenvalue weighted by Gasteiger charge is -2.28. The van der Waals surface area contributed by atoms with Crippen LogP contribution in [0.15, 0.2) is 0 Å². The van der Waals surface area contributed by atoms with Crippen molar-refractivity contribution in [2.24, 2.45) is 0 Å². The summed E-state index contributed by atoms with van der Waals surface area (Å²) in [6.07, 6.45) is 0.732. The summed E-state index contributed by atoms with van der Waals surface area (Å²) in [4.78, 5) is 22.0. The standard InChI is InChI=1S/C12H24O5SSi/c1-5-15-19(16-6-2,17-7-3)10-8-9-18-12(14)11(4)13/h5-10H2,1-4H3. The van der Waals surface area contributed by atoms with E-state index in [2.05, 4.69) is 0 Å². The van der Waals surface area contributed by atoms with Crippen molar-refractivity contribution >= 4 is 31.5 Å². The first-order chi connectivity index (χ1) is 9.01. The SMILES string of the molecule is CCO[Si](CCCSC(=O)C(C)=O)(OCC)OCC. The van der Waals surface area contributed by atoms with E-state index in [-0.39, 0.29) is 0 Å². The second kappa shape index (κ2) is 10.6. The second-order valence-electron chi connectivity index (χ2n) is 3.78. The summed E-state index contributed by atoms with van der Waals surface area (Å²) in [6.45, 7) is 8.66.